The molecule has 37 heavy (non-hydrogen) atoms. The van der Waals surface area contributed by atoms with Gasteiger partial charge in [0.15, 0.2) is 5.71 Å². The van der Waals surface area contributed by atoms with Gasteiger partial charge in [-0.3, -0.25) is 0 Å². The zero-order valence-electron chi connectivity index (χ0n) is 33.4. The SMILES string of the molecule is [2H]C1([2H])N(c2ccc3c(c2)C(C)(C)C2=CC(=[N+]4C([2H])([2H])C([2H])([2H])C4([2H])[2H])C=CC2=C3c2cc(C(C)(C)C)ccc2C(=O)[O-])C([2H])([2H])C1([2H])[2H]. The van der Waals surface area contributed by atoms with E-state index in [1.165, 1.54) is 18.2 Å². The van der Waals surface area contributed by atoms with Crippen LogP contribution in [0.15, 0.2) is 65.8 Å². The molecule has 0 aromatic heterocycles. The summed E-state index contributed by atoms with van der Waals surface area (Å²) in [6, 6.07) is 9.58. The predicted octanol–water partition coefficient (Wildman–Crippen LogP) is 5.00. The number of benzene rings is 2. The maximum atomic E-state index is 12.6. The first kappa shape index (κ1) is 13.9. The third kappa shape index (κ3) is 3.80. The Morgan fingerprint density at radius 3 is 2.49 bits per heavy atom. The van der Waals surface area contributed by atoms with Gasteiger partial charge in [-0.25, -0.2) is 4.58 Å². The Kier molecular flexibility index (Phi) is 3.13. The summed E-state index contributed by atoms with van der Waals surface area (Å²) in [5.41, 5.74) is 2.20. The van der Waals surface area contributed by atoms with Crippen molar-refractivity contribution >= 4 is 22.9 Å². The molecule has 4 heteroatoms. The minimum absolute atomic E-state index is 0.0445. The molecule has 2 aromatic rings. The Hall–Kier alpha value is -3.40. The summed E-state index contributed by atoms with van der Waals surface area (Å²) in [6.07, 6.45) is -1.02. The number of allylic oxidation sites excluding steroid dienone is 5. The van der Waals surface area contributed by atoms with Crippen LogP contribution in [0.1, 0.15) is 96.4 Å². The van der Waals surface area contributed by atoms with E-state index in [1.807, 2.05) is 34.6 Å². The summed E-state index contributed by atoms with van der Waals surface area (Å²) in [5.74, 6) is -1.43. The minimum atomic E-state index is -2.83. The van der Waals surface area contributed by atoms with Crippen LogP contribution in [0.4, 0.5) is 5.69 Å². The number of anilines is 1. The van der Waals surface area contributed by atoms with Crippen LogP contribution in [0.3, 0.4) is 0 Å². The third-order valence-corrected chi connectivity index (χ3v) is 7.45. The van der Waals surface area contributed by atoms with Crippen molar-refractivity contribution in [3.8, 4) is 0 Å². The number of carbonyl (C=O) groups excluding carboxylic acids is 1. The minimum Gasteiger partial charge on any atom is -0.545 e. The summed E-state index contributed by atoms with van der Waals surface area (Å²) in [6.45, 7) is -1.29. The van der Waals surface area contributed by atoms with Gasteiger partial charge in [0.25, 0.3) is 0 Å². The number of carboxylic acid groups (broad SMARTS) is 1. The Morgan fingerprint density at radius 1 is 1.03 bits per heavy atom. The average molecular weight is 505 g/mol. The number of rotatable bonds is 3. The van der Waals surface area contributed by atoms with Crippen LogP contribution in [0, 0.1) is 0 Å². The number of hydrogen-bond donors (Lipinski definition) is 0. The molecule has 0 bridgehead atoms. The Labute approximate surface area is 237 Å². The number of carbonyl (C=O) groups is 1. The average Bonchev–Trinajstić information content (AvgIpc) is 2.96. The van der Waals surface area contributed by atoms with E-state index in [0.29, 0.717) is 33.4 Å². The number of nitrogens with zero attached hydrogens (tertiary/aromatic N) is 2. The highest BCUT2D eigenvalue weighted by Crippen LogP contribution is 2.51. The molecule has 2 heterocycles. The lowest BCUT2D eigenvalue weighted by atomic mass is 9.63. The summed E-state index contributed by atoms with van der Waals surface area (Å²) in [5, 5.41) is 12.6. The van der Waals surface area contributed by atoms with Crippen molar-refractivity contribution < 1.29 is 30.9 Å². The predicted molar refractivity (Wildman–Crippen MR) is 149 cm³/mol. The fourth-order valence-corrected chi connectivity index (χ4v) is 5.27. The lowest BCUT2D eigenvalue weighted by Gasteiger charge is -2.41. The molecule has 0 atom stereocenters. The van der Waals surface area contributed by atoms with E-state index in [4.69, 9.17) is 16.4 Å². The van der Waals surface area contributed by atoms with Crippen LogP contribution in [0.2, 0.25) is 0 Å². The summed E-state index contributed by atoms with van der Waals surface area (Å²) < 4.78 is 100. The van der Waals surface area contributed by atoms with Crippen LogP contribution in [-0.4, -0.2) is 42.2 Å². The molecule has 2 saturated heterocycles. The van der Waals surface area contributed by atoms with Crippen LogP contribution >= 0.6 is 0 Å². The highest BCUT2D eigenvalue weighted by atomic mass is 16.4. The summed E-state index contributed by atoms with van der Waals surface area (Å²) >= 11 is 0. The van der Waals surface area contributed by atoms with Gasteiger partial charge in [0.05, 0.1) is 12.3 Å². The quantitative estimate of drug-likeness (QED) is 0.553. The molecular formula is C33H36N2O2. The van der Waals surface area contributed by atoms with Crippen LogP contribution in [0.25, 0.3) is 5.57 Å². The van der Waals surface area contributed by atoms with Crippen molar-refractivity contribution in [1.29, 1.82) is 0 Å². The lowest BCUT2D eigenvalue weighted by molar-refractivity contribution is -0.582. The van der Waals surface area contributed by atoms with Crippen molar-refractivity contribution in [2.45, 2.75) is 58.2 Å². The molecule has 0 N–H and O–H groups in total. The molecular weight excluding hydrogens is 456 g/mol. The molecule has 4 nitrogen and oxygen atoms in total. The summed E-state index contributed by atoms with van der Waals surface area (Å²) in [4.78, 5) is 13.3. The molecule has 6 rings (SSSR count). The molecule has 4 aliphatic rings. The molecule has 2 aliphatic heterocycles. The largest absolute Gasteiger partial charge is 0.545 e. The first-order valence-corrected chi connectivity index (χ1v) is 12.2. The van der Waals surface area contributed by atoms with Crippen LogP contribution in [-0.2, 0) is 10.8 Å². The number of fused-ring (bicyclic) bond motifs is 2. The van der Waals surface area contributed by atoms with Crippen molar-refractivity contribution in [2.24, 2.45) is 0 Å². The van der Waals surface area contributed by atoms with E-state index in [9.17, 15) is 9.90 Å². The van der Waals surface area contributed by atoms with E-state index >= 15 is 0 Å². The molecule has 190 valence electrons. The molecule has 2 aliphatic carbocycles. The van der Waals surface area contributed by atoms with E-state index < -0.39 is 55.5 Å². The van der Waals surface area contributed by atoms with Gasteiger partial charge in [-0.1, -0.05) is 52.8 Å². The van der Waals surface area contributed by atoms with Gasteiger partial charge in [-0.05, 0) is 75.0 Å². The van der Waals surface area contributed by atoms with Crippen LogP contribution < -0.4 is 10.0 Å². The Balaban J connectivity index is 1.69. The fourth-order valence-electron chi connectivity index (χ4n) is 5.27. The molecule has 2 fully saturated rings. The van der Waals surface area contributed by atoms with Gasteiger partial charge in [0.1, 0.15) is 18.5 Å². The number of carboxylic acids is 1. The second-order valence-corrected chi connectivity index (χ2v) is 11.1. The number of aromatic carboxylic acids is 1. The molecule has 2 aromatic carbocycles. The van der Waals surface area contributed by atoms with Crippen molar-refractivity contribution in [3.63, 3.8) is 0 Å². The van der Waals surface area contributed by atoms with Crippen LogP contribution in [0.5, 0.6) is 0 Å². The standard InChI is InChI=1S/C33H36N2O2/c1-32(2,3)21-8-11-24(31(36)37)27(18-21)30-25-12-9-22(34-14-6-15-34)19-28(25)33(4,5)29-20-23(10-13-26(29)30)35-16-7-17-35/h8-13,18-20H,6-7,14-17H2,1-5H3/i6D2,7D2,14D2,15D2,16D2,17D2. The summed E-state index contributed by atoms with van der Waals surface area (Å²) in [7, 11) is 0. The molecule has 0 unspecified atom stereocenters. The third-order valence-electron chi connectivity index (χ3n) is 7.45. The van der Waals surface area contributed by atoms with Gasteiger partial charge < -0.3 is 14.8 Å². The Bertz CT molecular complexity index is 1940. The van der Waals surface area contributed by atoms with Gasteiger partial charge in [-0.2, -0.15) is 0 Å². The monoisotopic (exact) mass is 504 g/mol. The first-order valence-electron chi connectivity index (χ1n) is 18.2. The Morgan fingerprint density at radius 2 is 1.78 bits per heavy atom. The molecule has 0 amide bonds. The second-order valence-electron chi connectivity index (χ2n) is 11.1. The zero-order valence-corrected chi connectivity index (χ0v) is 21.4. The van der Waals surface area contributed by atoms with E-state index in [1.54, 1.807) is 36.4 Å². The maximum absolute atomic E-state index is 12.6. The molecule has 0 saturated carbocycles. The molecule has 0 radical (unpaired) electrons. The number of hydrogen-bond acceptors (Lipinski definition) is 3. The van der Waals surface area contributed by atoms with E-state index in [-0.39, 0.29) is 17.0 Å². The topological polar surface area (TPSA) is 46.4 Å². The van der Waals surface area contributed by atoms with E-state index in [2.05, 4.69) is 0 Å². The highest BCUT2D eigenvalue weighted by Gasteiger charge is 2.40. The van der Waals surface area contributed by atoms with Gasteiger partial charge in [-0.15, -0.1) is 0 Å². The van der Waals surface area contributed by atoms with Crippen molar-refractivity contribution in [3.05, 3.63) is 93.6 Å². The van der Waals surface area contributed by atoms with Crippen molar-refractivity contribution in [2.75, 3.05) is 30.9 Å². The lowest BCUT2D eigenvalue weighted by Crippen LogP contribution is -2.38. The maximum Gasteiger partial charge on any atom is 0.200 e. The van der Waals surface area contributed by atoms with Gasteiger partial charge in [0.2, 0.25) is 0 Å². The van der Waals surface area contributed by atoms with Gasteiger partial charge in [0, 0.05) is 52.8 Å². The van der Waals surface area contributed by atoms with Crippen molar-refractivity contribution in [1.82, 2.24) is 0 Å². The van der Waals surface area contributed by atoms with Gasteiger partial charge >= 0.3 is 0 Å². The first-order chi connectivity index (χ1) is 22.1. The normalized spacial score (nSPS) is 33.1. The second kappa shape index (κ2) is 8.31. The fraction of sp³-hybridized carbons (Fsp3) is 0.394. The smallest absolute Gasteiger partial charge is 0.200 e. The zero-order chi connectivity index (χ0) is 36.9. The highest BCUT2D eigenvalue weighted by molar-refractivity contribution is 6.08. The molecule has 0 spiro atoms. The van der Waals surface area contributed by atoms with E-state index in [0.717, 1.165) is 15.0 Å².